The largest absolute Gasteiger partial charge is 0.345 e. The maximum absolute atomic E-state index is 12.4. The lowest BCUT2D eigenvalue weighted by Crippen LogP contribution is -2.44. The standard InChI is InChI=1S/C18H21NOS2/c20-17(14-21-13-15-7-2-1-3-8-15)19-18(10-4-5-11-18)16-9-6-12-22-16/h1-3,6-9,12H,4-5,10-11,13-14H2,(H,19,20). The first-order valence-electron chi connectivity index (χ1n) is 7.75. The molecular formula is C18H21NOS2. The molecule has 1 N–H and O–H groups in total. The van der Waals surface area contributed by atoms with Crippen molar-refractivity contribution in [2.24, 2.45) is 0 Å². The molecule has 0 aliphatic heterocycles. The first-order chi connectivity index (χ1) is 10.8. The van der Waals surface area contributed by atoms with Crippen LogP contribution in [0.3, 0.4) is 0 Å². The van der Waals surface area contributed by atoms with Crippen LogP contribution in [-0.4, -0.2) is 11.7 Å². The third kappa shape index (κ3) is 3.73. The Morgan fingerprint density at radius 3 is 2.59 bits per heavy atom. The molecule has 0 unspecified atom stereocenters. The number of thiophene rings is 1. The smallest absolute Gasteiger partial charge is 0.230 e. The molecule has 2 aromatic rings. The van der Waals surface area contributed by atoms with E-state index in [4.69, 9.17) is 0 Å². The highest BCUT2D eigenvalue weighted by atomic mass is 32.2. The summed E-state index contributed by atoms with van der Waals surface area (Å²) in [5, 5.41) is 5.43. The van der Waals surface area contributed by atoms with Crippen molar-refractivity contribution in [3.8, 4) is 0 Å². The second-order valence-electron chi connectivity index (χ2n) is 5.79. The average molecular weight is 332 g/mol. The molecule has 1 heterocycles. The fourth-order valence-corrected chi connectivity index (χ4v) is 4.83. The Labute approximate surface area is 140 Å². The van der Waals surface area contributed by atoms with Crippen LogP contribution in [0.4, 0.5) is 0 Å². The first kappa shape index (κ1) is 15.6. The summed E-state index contributed by atoms with van der Waals surface area (Å²) >= 11 is 3.45. The number of hydrogen-bond acceptors (Lipinski definition) is 3. The van der Waals surface area contributed by atoms with Crippen molar-refractivity contribution < 1.29 is 4.79 Å². The lowest BCUT2D eigenvalue weighted by atomic mass is 9.95. The van der Waals surface area contributed by atoms with E-state index in [0.29, 0.717) is 5.75 Å². The van der Waals surface area contributed by atoms with Gasteiger partial charge in [-0.1, -0.05) is 49.2 Å². The Morgan fingerprint density at radius 1 is 1.14 bits per heavy atom. The molecule has 0 radical (unpaired) electrons. The van der Waals surface area contributed by atoms with E-state index in [9.17, 15) is 4.79 Å². The number of carbonyl (C=O) groups excluding carboxylic acids is 1. The van der Waals surface area contributed by atoms with E-state index in [2.05, 4.69) is 35.0 Å². The van der Waals surface area contributed by atoms with Crippen LogP contribution >= 0.6 is 23.1 Å². The van der Waals surface area contributed by atoms with Crippen LogP contribution < -0.4 is 5.32 Å². The van der Waals surface area contributed by atoms with Gasteiger partial charge in [0.15, 0.2) is 0 Å². The summed E-state index contributed by atoms with van der Waals surface area (Å²) < 4.78 is 0. The number of hydrogen-bond donors (Lipinski definition) is 1. The van der Waals surface area contributed by atoms with Crippen LogP contribution in [0.15, 0.2) is 47.8 Å². The summed E-state index contributed by atoms with van der Waals surface area (Å²) in [6, 6.07) is 14.6. The maximum Gasteiger partial charge on any atom is 0.230 e. The van der Waals surface area contributed by atoms with Gasteiger partial charge in [0.2, 0.25) is 5.91 Å². The van der Waals surface area contributed by atoms with Crippen LogP contribution in [0.1, 0.15) is 36.1 Å². The van der Waals surface area contributed by atoms with Gasteiger partial charge in [0.05, 0.1) is 11.3 Å². The third-order valence-corrected chi connectivity index (χ3v) is 6.25. The fraction of sp³-hybridized carbons (Fsp3) is 0.389. The molecule has 116 valence electrons. The molecule has 0 saturated heterocycles. The van der Waals surface area contributed by atoms with Gasteiger partial charge in [0.25, 0.3) is 0 Å². The summed E-state index contributed by atoms with van der Waals surface area (Å²) in [7, 11) is 0. The van der Waals surface area contributed by atoms with Crippen LogP contribution in [0.25, 0.3) is 0 Å². The SMILES string of the molecule is O=C(CSCc1ccccc1)NC1(c2cccs2)CCCC1. The molecule has 0 atom stereocenters. The quantitative estimate of drug-likeness (QED) is 0.840. The van der Waals surface area contributed by atoms with E-state index in [1.54, 1.807) is 23.1 Å². The zero-order valence-electron chi connectivity index (χ0n) is 12.6. The third-order valence-electron chi connectivity index (χ3n) is 4.17. The number of nitrogens with one attached hydrogen (secondary N) is 1. The highest BCUT2D eigenvalue weighted by Crippen LogP contribution is 2.40. The minimum absolute atomic E-state index is 0.0987. The van der Waals surface area contributed by atoms with Crippen LogP contribution in [0.5, 0.6) is 0 Å². The minimum atomic E-state index is -0.0987. The zero-order chi connectivity index (χ0) is 15.3. The maximum atomic E-state index is 12.4. The summed E-state index contributed by atoms with van der Waals surface area (Å²) in [4.78, 5) is 13.7. The van der Waals surface area contributed by atoms with Gasteiger partial charge in [0.1, 0.15) is 0 Å². The van der Waals surface area contributed by atoms with E-state index < -0.39 is 0 Å². The van der Waals surface area contributed by atoms with Crippen molar-refractivity contribution in [2.45, 2.75) is 37.0 Å². The number of benzene rings is 1. The minimum Gasteiger partial charge on any atom is -0.345 e. The second-order valence-corrected chi connectivity index (χ2v) is 7.73. The average Bonchev–Trinajstić information content (AvgIpc) is 3.20. The van der Waals surface area contributed by atoms with Crippen LogP contribution in [0, 0.1) is 0 Å². The Morgan fingerprint density at radius 2 is 1.91 bits per heavy atom. The molecule has 1 aliphatic rings. The number of carbonyl (C=O) groups is 1. The van der Waals surface area contributed by atoms with Crippen LogP contribution in [0.2, 0.25) is 0 Å². The second kappa shape index (κ2) is 7.34. The van der Waals surface area contributed by atoms with Gasteiger partial charge in [0, 0.05) is 10.6 Å². The number of rotatable bonds is 6. The van der Waals surface area contributed by atoms with E-state index >= 15 is 0 Å². The molecule has 22 heavy (non-hydrogen) atoms. The normalized spacial score (nSPS) is 16.5. The van der Waals surface area contributed by atoms with E-state index in [-0.39, 0.29) is 11.4 Å². The van der Waals surface area contributed by atoms with Gasteiger partial charge >= 0.3 is 0 Å². The lowest BCUT2D eigenvalue weighted by molar-refractivity contribution is -0.120. The summed E-state index contributed by atoms with van der Waals surface area (Å²) in [5.41, 5.74) is 1.17. The zero-order valence-corrected chi connectivity index (χ0v) is 14.2. The molecule has 0 bridgehead atoms. The Kier molecular flexibility index (Phi) is 5.21. The van der Waals surface area contributed by atoms with Gasteiger partial charge in [-0.15, -0.1) is 23.1 Å². The van der Waals surface area contributed by atoms with Gasteiger partial charge in [-0.25, -0.2) is 0 Å². The van der Waals surface area contributed by atoms with Crippen molar-refractivity contribution in [3.63, 3.8) is 0 Å². The van der Waals surface area contributed by atoms with Crippen molar-refractivity contribution in [1.82, 2.24) is 5.32 Å². The van der Waals surface area contributed by atoms with Crippen LogP contribution in [-0.2, 0) is 16.1 Å². The Bertz CT molecular complexity index is 589. The van der Waals surface area contributed by atoms with Crippen molar-refractivity contribution in [2.75, 3.05) is 5.75 Å². The van der Waals surface area contributed by atoms with Gasteiger partial charge in [-0.3, -0.25) is 4.79 Å². The fourth-order valence-electron chi connectivity index (χ4n) is 3.10. The summed E-state index contributed by atoms with van der Waals surface area (Å²) in [5.74, 6) is 1.58. The van der Waals surface area contributed by atoms with Crippen molar-refractivity contribution in [3.05, 3.63) is 58.3 Å². The molecule has 3 rings (SSSR count). The lowest BCUT2D eigenvalue weighted by Gasteiger charge is -2.29. The summed E-state index contributed by atoms with van der Waals surface area (Å²) in [6.45, 7) is 0. The van der Waals surface area contributed by atoms with E-state index in [1.165, 1.54) is 23.3 Å². The Balaban J connectivity index is 1.54. The predicted molar refractivity (Wildman–Crippen MR) is 95.2 cm³/mol. The first-order valence-corrected chi connectivity index (χ1v) is 9.79. The molecule has 1 aliphatic carbocycles. The highest BCUT2D eigenvalue weighted by Gasteiger charge is 2.37. The molecule has 1 aromatic heterocycles. The van der Waals surface area contributed by atoms with Crippen molar-refractivity contribution >= 4 is 29.0 Å². The van der Waals surface area contributed by atoms with E-state index in [1.807, 2.05) is 18.2 Å². The number of amides is 1. The molecule has 1 amide bonds. The highest BCUT2D eigenvalue weighted by molar-refractivity contribution is 7.99. The molecule has 0 spiro atoms. The summed E-state index contributed by atoms with van der Waals surface area (Å²) in [6.07, 6.45) is 4.55. The molecule has 1 aromatic carbocycles. The van der Waals surface area contributed by atoms with Gasteiger partial charge in [-0.2, -0.15) is 0 Å². The van der Waals surface area contributed by atoms with E-state index in [0.717, 1.165) is 18.6 Å². The van der Waals surface area contributed by atoms with Crippen molar-refractivity contribution in [1.29, 1.82) is 0 Å². The topological polar surface area (TPSA) is 29.1 Å². The molecule has 1 saturated carbocycles. The van der Waals surface area contributed by atoms with Gasteiger partial charge < -0.3 is 5.32 Å². The molecule has 1 fully saturated rings. The Hall–Kier alpha value is -1.26. The molecule has 4 heteroatoms. The number of thioether (sulfide) groups is 1. The molecule has 2 nitrogen and oxygen atoms in total. The van der Waals surface area contributed by atoms with Gasteiger partial charge in [-0.05, 0) is 29.9 Å². The molecular weight excluding hydrogens is 310 g/mol. The monoisotopic (exact) mass is 331 g/mol. The predicted octanol–water partition coefficient (Wildman–Crippen LogP) is 4.57.